The molecule has 0 fully saturated rings. The molecule has 0 saturated heterocycles. The Kier molecular flexibility index (Phi) is 4.64. The van der Waals surface area contributed by atoms with E-state index >= 15 is 0 Å². The average molecular weight is 335 g/mol. The van der Waals surface area contributed by atoms with Crippen molar-refractivity contribution < 1.29 is 4.39 Å². The molecule has 1 heterocycles. The summed E-state index contributed by atoms with van der Waals surface area (Å²) in [5.74, 6) is 0.872. The van der Waals surface area contributed by atoms with Gasteiger partial charge in [0, 0.05) is 17.1 Å². The monoisotopic (exact) mass is 334 g/mol. The molecule has 0 unspecified atom stereocenters. The molecular weight excluding hydrogens is 323 g/mol. The Morgan fingerprint density at radius 3 is 2.90 bits per heavy atom. The standard InChI is InChI=1S/C14H12BrFN4/c1-9-19-12(8-17)7-14(20-9)18-5-4-10-6-11(15)2-3-13(10)16/h2-3,6-7H,4-5H2,1H3,(H,18,19,20). The maximum atomic E-state index is 13.6. The summed E-state index contributed by atoms with van der Waals surface area (Å²) in [6.07, 6.45) is 0.524. The molecule has 0 saturated carbocycles. The van der Waals surface area contributed by atoms with Gasteiger partial charge in [-0.05, 0) is 37.1 Å². The SMILES string of the molecule is Cc1nc(C#N)cc(NCCc2cc(Br)ccc2F)n1. The van der Waals surface area contributed by atoms with Gasteiger partial charge in [0.05, 0.1) is 0 Å². The fourth-order valence-corrected chi connectivity index (χ4v) is 2.18. The first-order valence-corrected chi connectivity index (χ1v) is 6.81. The number of anilines is 1. The molecule has 102 valence electrons. The van der Waals surface area contributed by atoms with Gasteiger partial charge in [-0.1, -0.05) is 15.9 Å². The molecule has 1 aromatic carbocycles. The Bertz CT molecular complexity index is 667. The summed E-state index contributed by atoms with van der Waals surface area (Å²) in [4.78, 5) is 8.14. The first kappa shape index (κ1) is 14.4. The average Bonchev–Trinajstić information content (AvgIpc) is 2.42. The highest BCUT2D eigenvalue weighted by atomic mass is 79.9. The second kappa shape index (κ2) is 6.44. The van der Waals surface area contributed by atoms with Crippen molar-refractivity contribution in [2.75, 3.05) is 11.9 Å². The van der Waals surface area contributed by atoms with E-state index in [0.29, 0.717) is 35.9 Å². The van der Waals surface area contributed by atoms with Crippen LogP contribution in [0.3, 0.4) is 0 Å². The molecule has 0 bridgehead atoms. The number of benzene rings is 1. The number of halogens is 2. The quantitative estimate of drug-likeness (QED) is 0.932. The van der Waals surface area contributed by atoms with E-state index in [1.54, 1.807) is 25.1 Å². The number of hydrogen-bond donors (Lipinski definition) is 1. The third-order valence-corrected chi connectivity index (χ3v) is 3.15. The van der Waals surface area contributed by atoms with Crippen LogP contribution in [0.15, 0.2) is 28.7 Å². The van der Waals surface area contributed by atoms with Crippen LogP contribution < -0.4 is 5.32 Å². The van der Waals surface area contributed by atoms with Crippen LogP contribution in [0.5, 0.6) is 0 Å². The summed E-state index contributed by atoms with van der Waals surface area (Å²) >= 11 is 3.32. The van der Waals surface area contributed by atoms with E-state index < -0.39 is 0 Å². The summed E-state index contributed by atoms with van der Waals surface area (Å²) < 4.78 is 14.4. The van der Waals surface area contributed by atoms with Gasteiger partial charge in [0.2, 0.25) is 0 Å². The van der Waals surface area contributed by atoms with Gasteiger partial charge in [0.15, 0.2) is 0 Å². The minimum Gasteiger partial charge on any atom is -0.370 e. The van der Waals surface area contributed by atoms with Crippen molar-refractivity contribution in [1.29, 1.82) is 5.26 Å². The van der Waals surface area contributed by atoms with Crippen LogP contribution in [0.4, 0.5) is 10.2 Å². The summed E-state index contributed by atoms with van der Waals surface area (Å²) in [6, 6.07) is 8.40. The third kappa shape index (κ3) is 3.75. The Morgan fingerprint density at radius 1 is 1.35 bits per heavy atom. The van der Waals surface area contributed by atoms with Gasteiger partial charge in [-0.15, -0.1) is 0 Å². The fraction of sp³-hybridized carbons (Fsp3) is 0.214. The van der Waals surface area contributed by atoms with E-state index in [2.05, 4.69) is 31.2 Å². The van der Waals surface area contributed by atoms with E-state index in [0.717, 1.165) is 4.47 Å². The molecule has 0 radical (unpaired) electrons. The van der Waals surface area contributed by atoms with Gasteiger partial charge in [-0.25, -0.2) is 14.4 Å². The Labute approximate surface area is 124 Å². The predicted molar refractivity (Wildman–Crippen MR) is 77.8 cm³/mol. The Hall–Kier alpha value is -2.00. The van der Waals surface area contributed by atoms with Crippen LogP contribution in [0.2, 0.25) is 0 Å². The lowest BCUT2D eigenvalue weighted by molar-refractivity contribution is 0.610. The predicted octanol–water partition coefficient (Wildman–Crippen LogP) is 3.21. The maximum Gasteiger partial charge on any atom is 0.146 e. The van der Waals surface area contributed by atoms with Crippen molar-refractivity contribution in [3.63, 3.8) is 0 Å². The highest BCUT2D eigenvalue weighted by molar-refractivity contribution is 9.10. The first-order valence-electron chi connectivity index (χ1n) is 6.02. The molecule has 2 aromatic rings. The first-order chi connectivity index (χ1) is 9.58. The zero-order valence-electron chi connectivity index (χ0n) is 10.8. The van der Waals surface area contributed by atoms with Crippen molar-refractivity contribution in [1.82, 2.24) is 9.97 Å². The van der Waals surface area contributed by atoms with Gasteiger partial charge in [0.1, 0.15) is 29.2 Å². The molecule has 6 heteroatoms. The number of aryl methyl sites for hydroxylation is 1. The lowest BCUT2D eigenvalue weighted by Crippen LogP contribution is -2.09. The highest BCUT2D eigenvalue weighted by Gasteiger charge is 2.04. The van der Waals surface area contributed by atoms with Crippen LogP contribution >= 0.6 is 15.9 Å². The second-order valence-electron chi connectivity index (χ2n) is 4.21. The van der Waals surface area contributed by atoms with Crippen LogP contribution in [0.25, 0.3) is 0 Å². The molecule has 0 aliphatic heterocycles. The number of nitrogens with one attached hydrogen (secondary N) is 1. The van der Waals surface area contributed by atoms with E-state index in [-0.39, 0.29) is 5.82 Å². The molecule has 20 heavy (non-hydrogen) atoms. The lowest BCUT2D eigenvalue weighted by atomic mass is 10.1. The van der Waals surface area contributed by atoms with Crippen LogP contribution in [-0.4, -0.2) is 16.5 Å². The van der Waals surface area contributed by atoms with Crippen LogP contribution in [0.1, 0.15) is 17.1 Å². The van der Waals surface area contributed by atoms with E-state index in [1.807, 2.05) is 6.07 Å². The van der Waals surface area contributed by atoms with Crippen molar-refractivity contribution in [2.45, 2.75) is 13.3 Å². The molecule has 0 amide bonds. The van der Waals surface area contributed by atoms with Crippen molar-refractivity contribution in [3.05, 3.63) is 51.6 Å². The van der Waals surface area contributed by atoms with Crippen molar-refractivity contribution in [2.24, 2.45) is 0 Å². The molecule has 1 N–H and O–H groups in total. The largest absolute Gasteiger partial charge is 0.370 e. The molecule has 2 rings (SSSR count). The summed E-state index contributed by atoms with van der Waals surface area (Å²) in [5.41, 5.74) is 0.937. The fourth-order valence-electron chi connectivity index (χ4n) is 1.78. The number of nitrogens with zero attached hydrogens (tertiary/aromatic N) is 3. The normalized spacial score (nSPS) is 10.1. The van der Waals surface area contributed by atoms with Crippen molar-refractivity contribution in [3.8, 4) is 6.07 Å². The van der Waals surface area contributed by atoms with E-state index in [9.17, 15) is 4.39 Å². The summed E-state index contributed by atoms with van der Waals surface area (Å²) in [5, 5.41) is 11.9. The number of nitriles is 1. The Morgan fingerprint density at radius 2 is 2.15 bits per heavy atom. The molecule has 1 aromatic heterocycles. The van der Waals surface area contributed by atoms with Gasteiger partial charge < -0.3 is 5.32 Å². The summed E-state index contributed by atoms with van der Waals surface area (Å²) in [6.45, 7) is 2.24. The molecule has 4 nitrogen and oxygen atoms in total. The zero-order chi connectivity index (χ0) is 14.5. The zero-order valence-corrected chi connectivity index (χ0v) is 12.4. The van der Waals surface area contributed by atoms with Gasteiger partial charge in [-0.3, -0.25) is 0 Å². The van der Waals surface area contributed by atoms with Gasteiger partial charge in [-0.2, -0.15) is 5.26 Å². The molecule has 0 aliphatic rings. The molecule has 0 aliphatic carbocycles. The lowest BCUT2D eigenvalue weighted by Gasteiger charge is -2.07. The van der Waals surface area contributed by atoms with E-state index in [1.165, 1.54) is 6.07 Å². The molecule has 0 atom stereocenters. The summed E-state index contributed by atoms with van der Waals surface area (Å²) in [7, 11) is 0. The topological polar surface area (TPSA) is 61.6 Å². The second-order valence-corrected chi connectivity index (χ2v) is 5.13. The number of aromatic nitrogens is 2. The third-order valence-electron chi connectivity index (χ3n) is 2.66. The van der Waals surface area contributed by atoms with Crippen LogP contribution in [-0.2, 0) is 6.42 Å². The van der Waals surface area contributed by atoms with E-state index in [4.69, 9.17) is 5.26 Å². The minimum absolute atomic E-state index is 0.230. The van der Waals surface area contributed by atoms with Gasteiger partial charge >= 0.3 is 0 Å². The maximum absolute atomic E-state index is 13.6. The van der Waals surface area contributed by atoms with Crippen molar-refractivity contribution >= 4 is 21.7 Å². The smallest absolute Gasteiger partial charge is 0.146 e. The number of rotatable bonds is 4. The molecular formula is C14H12BrFN4. The Balaban J connectivity index is 2.01. The molecule has 0 spiro atoms. The van der Waals surface area contributed by atoms with Crippen LogP contribution in [0, 0.1) is 24.1 Å². The number of hydrogen-bond acceptors (Lipinski definition) is 4. The minimum atomic E-state index is -0.230. The van der Waals surface area contributed by atoms with Gasteiger partial charge in [0.25, 0.3) is 0 Å². The highest BCUT2D eigenvalue weighted by Crippen LogP contribution is 2.16.